The molecule has 1 aliphatic rings. The Hall–Kier alpha value is -2.62. The van der Waals surface area contributed by atoms with E-state index >= 15 is 0 Å². The molecular weight excluding hydrogens is 583 g/mol. The zero-order chi connectivity index (χ0) is 27.6. The van der Waals surface area contributed by atoms with E-state index in [0.717, 1.165) is 36.4 Å². The van der Waals surface area contributed by atoms with Gasteiger partial charge in [-0.25, -0.2) is 12.6 Å². The molecule has 0 spiro atoms. The predicted molar refractivity (Wildman–Crippen MR) is 120 cm³/mol. The maximum Gasteiger partial charge on any atom is 1.00 e. The molecule has 20 heteroatoms. The van der Waals surface area contributed by atoms with Crippen LogP contribution in [0.4, 0.5) is 11.4 Å². The quantitative estimate of drug-likeness (QED) is 0.151. The number of hydrogen-bond donors (Lipinski definition) is 2. The maximum absolute atomic E-state index is 12.7. The molecule has 1 atom stereocenters. The van der Waals surface area contributed by atoms with Crippen molar-refractivity contribution in [1.29, 1.82) is 0 Å². The van der Waals surface area contributed by atoms with Crippen LogP contribution in [-0.2, 0) is 44.1 Å². The molecule has 3 rings (SSSR count). The molecule has 1 unspecified atom stereocenters. The number of rotatable bonds is 10. The van der Waals surface area contributed by atoms with Gasteiger partial charge in [-0.05, 0) is 48.5 Å². The van der Waals surface area contributed by atoms with Crippen molar-refractivity contribution in [2.75, 3.05) is 17.4 Å². The second-order valence-electron chi connectivity index (χ2n) is 7.07. The normalized spacial score (nSPS) is 16.4. The third-order valence-corrected chi connectivity index (χ3v) is 7.59. The minimum atomic E-state index is -4.81. The van der Waals surface area contributed by atoms with Crippen molar-refractivity contribution in [3.05, 3.63) is 48.5 Å². The van der Waals surface area contributed by atoms with E-state index in [1.54, 1.807) is 0 Å². The first-order chi connectivity index (χ1) is 17.1. The minimum Gasteiger partial charge on any atom is -0.543 e. The summed E-state index contributed by atoms with van der Waals surface area (Å²) in [7, 11) is -13.3. The molecule has 0 fully saturated rings. The summed E-state index contributed by atoms with van der Waals surface area (Å²) in [6.45, 7) is -0.827. The fourth-order valence-corrected chi connectivity index (χ4v) is 4.83. The molecule has 16 nitrogen and oxygen atoms in total. The Morgan fingerprint density at radius 1 is 0.974 bits per heavy atom. The molecule has 0 bridgehead atoms. The van der Waals surface area contributed by atoms with Crippen molar-refractivity contribution in [3.63, 3.8) is 0 Å². The van der Waals surface area contributed by atoms with Crippen molar-refractivity contribution in [3.8, 4) is 0 Å². The fourth-order valence-electron chi connectivity index (χ4n) is 2.86. The van der Waals surface area contributed by atoms with Gasteiger partial charge in [-0.1, -0.05) is 0 Å². The van der Waals surface area contributed by atoms with Crippen molar-refractivity contribution in [2.45, 2.75) is 15.8 Å². The molecule has 0 radical (unpaired) electrons. The molecule has 2 aromatic carbocycles. The van der Waals surface area contributed by atoms with Gasteiger partial charge in [0.05, 0.1) is 39.5 Å². The number of sulfone groups is 1. The van der Waals surface area contributed by atoms with E-state index in [9.17, 15) is 39.9 Å². The van der Waals surface area contributed by atoms with Crippen LogP contribution < -0.4 is 39.7 Å². The van der Waals surface area contributed by atoms with Crippen molar-refractivity contribution < 1.29 is 82.8 Å². The summed E-state index contributed by atoms with van der Waals surface area (Å²) in [5, 5.41) is 23.1. The van der Waals surface area contributed by atoms with Crippen LogP contribution in [0.3, 0.4) is 0 Å². The summed E-state index contributed by atoms with van der Waals surface area (Å²) in [5.74, 6) is -3.57. The number of azo groups is 1. The molecule has 0 aromatic heterocycles. The first kappa shape index (κ1) is 31.6. The van der Waals surface area contributed by atoms with Crippen LogP contribution in [0.1, 0.15) is 0 Å². The second-order valence-corrected chi connectivity index (χ2v) is 11.7. The van der Waals surface area contributed by atoms with E-state index in [0.29, 0.717) is 5.01 Å². The third kappa shape index (κ3) is 7.94. The number of benzene rings is 2. The van der Waals surface area contributed by atoms with Crippen LogP contribution in [-0.4, -0.2) is 70.3 Å². The van der Waals surface area contributed by atoms with Crippen molar-refractivity contribution >= 4 is 59.3 Å². The summed E-state index contributed by atoms with van der Waals surface area (Å²) in [6, 6.07) is 6.88. The number of carboxylic acid groups (broad SMARTS) is 1. The van der Waals surface area contributed by atoms with Gasteiger partial charge in [0, 0.05) is 0 Å². The van der Waals surface area contributed by atoms with Crippen LogP contribution in [0.5, 0.6) is 0 Å². The predicted octanol–water partition coefficient (Wildman–Crippen LogP) is -3.86. The minimum absolute atomic E-state index is 0. The number of hydrazone groups is 1. The second kappa shape index (κ2) is 12.1. The number of carboxylic acids is 1. The zero-order valence-electron chi connectivity index (χ0n) is 19.1. The van der Waals surface area contributed by atoms with Gasteiger partial charge in [0.2, 0.25) is 0 Å². The van der Waals surface area contributed by atoms with Gasteiger partial charge in [-0.15, -0.1) is 0 Å². The zero-order valence-corrected chi connectivity index (χ0v) is 23.6. The SMILES string of the molecule is O=C([O-])C1=NN(c2ccc(S(=O)(=O)O)cc2)C(=O)C1N=Nc1ccc(S(=O)(=O)CCOS(=O)(=O)O)cc1.[Na+]. The Morgan fingerprint density at radius 3 is 2.03 bits per heavy atom. The van der Waals surface area contributed by atoms with Crippen LogP contribution >= 0.6 is 0 Å². The maximum atomic E-state index is 12.7. The number of amides is 1. The van der Waals surface area contributed by atoms with Gasteiger partial charge in [0.1, 0.15) is 5.71 Å². The Labute approximate surface area is 237 Å². The van der Waals surface area contributed by atoms with E-state index in [2.05, 4.69) is 19.5 Å². The Balaban J connectivity index is 0.00000507. The van der Waals surface area contributed by atoms with E-state index in [1.807, 2.05) is 0 Å². The molecule has 2 N–H and O–H groups in total. The molecule has 0 saturated heterocycles. The van der Waals surface area contributed by atoms with E-state index in [-0.39, 0.29) is 45.8 Å². The van der Waals surface area contributed by atoms with Gasteiger partial charge in [-0.3, -0.25) is 13.9 Å². The summed E-state index contributed by atoms with van der Waals surface area (Å²) < 4.78 is 89.3. The molecule has 1 heterocycles. The van der Waals surface area contributed by atoms with Gasteiger partial charge >= 0.3 is 40.0 Å². The molecule has 2 aromatic rings. The Bertz CT molecular complexity index is 1610. The number of hydrogen-bond acceptors (Lipinski definition) is 13. The molecular formula is C18H15N4NaO12S3. The number of aliphatic carboxylic acids is 1. The van der Waals surface area contributed by atoms with Gasteiger partial charge in [-0.2, -0.15) is 37.2 Å². The first-order valence-corrected chi connectivity index (χ1v) is 14.1. The van der Waals surface area contributed by atoms with Crippen LogP contribution in [0, 0.1) is 0 Å². The van der Waals surface area contributed by atoms with Gasteiger partial charge < -0.3 is 9.90 Å². The Kier molecular flexibility index (Phi) is 10.0. The number of anilines is 1. The van der Waals surface area contributed by atoms with Gasteiger partial charge in [0.25, 0.3) is 16.0 Å². The number of carbonyl (C=O) groups is 2. The summed E-state index contributed by atoms with van der Waals surface area (Å²) >= 11 is 0. The molecule has 198 valence electrons. The van der Waals surface area contributed by atoms with Crippen LogP contribution in [0.2, 0.25) is 0 Å². The number of nitrogens with zero attached hydrogens (tertiary/aromatic N) is 4. The average Bonchev–Trinajstić information content (AvgIpc) is 3.13. The summed E-state index contributed by atoms with van der Waals surface area (Å²) in [6.07, 6.45) is 0. The van der Waals surface area contributed by atoms with Gasteiger partial charge in [0.15, 0.2) is 15.9 Å². The average molecular weight is 599 g/mol. The summed E-state index contributed by atoms with van der Waals surface area (Å²) in [5.41, 5.74) is -0.832. The Morgan fingerprint density at radius 2 is 1.53 bits per heavy atom. The van der Waals surface area contributed by atoms with E-state index in [4.69, 9.17) is 9.11 Å². The molecule has 38 heavy (non-hydrogen) atoms. The molecule has 1 aliphatic heterocycles. The first-order valence-electron chi connectivity index (χ1n) is 9.65. The van der Waals surface area contributed by atoms with Crippen molar-refractivity contribution in [2.24, 2.45) is 15.3 Å². The third-order valence-electron chi connectivity index (χ3n) is 4.57. The fraction of sp³-hybridized carbons (Fsp3) is 0.167. The molecule has 1 amide bonds. The monoisotopic (exact) mass is 598 g/mol. The molecule has 0 aliphatic carbocycles. The topological polar surface area (TPSA) is 250 Å². The van der Waals surface area contributed by atoms with E-state index in [1.165, 1.54) is 12.1 Å². The van der Waals surface area contributed by atoms with E-state index < -0.39 is 71.2 Å². The molecule has 0 saturated carbocycles. The summed E-state index contributed by atoms with van der Waals surface area (Å²) in [4.78, 5) is 23.5. The smallest absolute Gasteiger partial charge is 0.543 e. The standard InChI is InChI=1S/C18H16N4O12S3.Na/c23-17-15(16(18(24)25)21-22(17)12-3-7-14(8-4-12)36(28,29)30)20-19-11-1-5-13(6-2-11)35(26,27)10-9-34-37(31,32)33;/h1-8,15H,9-10H2,(H,24,25)(H,28,29,30)(H,31,32,33);/q;+1/p-1. The van der Waals surface area contributed by atoms with Crippen LogP contribution in [0.25, 0.3) is 0 Å². The van der Waals surface area contributed by atoms with Crippen molar-refractivity contribution in [1.82, 2.24) is 0 Å². The van der Waals surface area contributed by atoms with Crippen LogP contribution in [0.15, 0.2) is 73.7 Å². The largest absolute Gasteiger partial charge is 1.00 e. The number of carbonyl (C=O) groups excluding carboxylic acids is 2.